The van der Waals surface area contributed by atoms with Crippen molar-refractivity contribution in [1.82, 2.24) is 10.6 Å². The molecule has 1 saturated heterocycles. The topological polar surface area (TPSA) is 67.1 Å². The molecule has 2 aliphatic rings. The molecule has 0 aromatic rings. The largest absolute Gasteiger partial charge is 0.353 e. The number of nitrogens with two attached hydrogens (primary N) is 1. The van der Waals surface area contributed by atoms with Gasteiger partial charge in [0, 0.05) is 12.1 Å². The minimum atomic E-state index is -0.146. The van der Waals surface area contributed by atoms with Crippen molar-refractivity contribution in [3.8, 4) is 0 Å². The van der Waals surface area contributed by atoms with Crippen molar-refractivity contribution in [1.29, 1.82) is 0 Å². The fraction of sp³-hybridized carbons (Fsp3) is 0.917. The van der Waals surface area contributed by atoms with Gasteiger partial charge in [-0.3, -0.25) is 4.79 Å². The van der Waals surface area contributed by atoms with E-state index in [-0.39, 0.29) is 17.5 Å². The van der Waals surface area contributed by atoms with Crippen LogP contribution in [0, 0.1) is 0 Å². The average Bonchev–Trinajstić information content (AvgIpc) is 2.80. The predicted octanol–water partition coefficient (Wildman–Crippen LogP) is 0.516. The van der Waals surface area contributed by atoms with E-state index in [0.29, 0.717) is 6.54 Å². The van der Waals surface area contributed by atoms with Crippen LogP contribution in [-0.2, 0) is 4.79 Å². The maximum Gasteiger partial charge on any atom is 0.237 e. The molecule has 2 fully saturated rings. The van der Waals surface area contributed by atoms with Gasteiger partial charge in [-0.25, -0.2) is 0 Å². The van der Waals surface area contributed by atoms with Gasteiger partial charge in [0.2, 0.25) is 5.91 Å². The fourth-order valence-corrected chi connectivity index (χ4v) is 2.73. The smallest absolute Gasteiger partial charge is 0.237 e. The van der Waals surface area contributed by atoms with Crippen molar-refractivity contribution in [3.05, 3.63) is 0 Å². The molecule has 1 saturated carbocycles. The molecule has 92 valence electrons. The Kier molecular flexibility index (Phi) is 3.82. The van der Waals surface area contributed by atoms with E-state index in [2.05, 4.69) is 10.6 Å². The number of hydrogen-bond donors (Lipinski definition) is 3. The zero-order valence-electron chi connectivity index (χ0n) is 9.93. The van der Waals surface area contributed by atoms with Gasteiger partial charge in [-0.1, -0.05) is 19.3 Å². The van der Waals surface area contributed by atoms with E-state index in [4.69, 9.17) is 5.73 Å². The van der Waals surface area contributed by atoms with Crippen LogP contribution in [0.3, 0.4) is 0 Å². The Morgan fingerprint density at radius 2 is 2.06 bits per heavy atom. The zero-order chi connectivity index (χ0) is 11.4. The van der Waals surface area contributed by atoms with Crippen molar-refractivity contribution in [2.45, 2.75) is 56.5 Å². The first kappa shape index (κ1) is 11.9. The zero-order valence-corrected chi connectivity index (χ0v) is 9.93. The second-order valence-electron chi connectivity index (χ2n) is 5.29. The molecule has 1 aliphatic heterocycles. The predicted molar refractivity (Wildman–Crippen MR) is 64.0 cm³/mol. The molecule has 1 heterocycles. The van der Waals surface area contributed by atoms with Crippen LogP contribution in [-0.4, -0.2) is 30.6 Å². The molecule has 0 spiro atoms. The van der Waals surface area contributed by atoms with E-state index in [1.165, 1.54) is 19.3 Å². The number of rotatable bonds is 3. The van der Waals surface area contributed by atoms with E-state index in [1.807, 2.05) is 0 Å². The van der Waals surface area contributed by atoms with E-state index in [1.54, 1.807) is 0 Å². The summed E-state index contributed by atoms with van der Waals surface area (Å²) < 4.78 is 0. The lowest BCUT2D eigenvalue weighted by molar-refractivity contribution is -0.123. The van der Waals surface area contributed by atoms with Crippen LogP contribution in [0.25, 0.3) is 0 Å². The van der Waals surface area contributed by atoms with Gasteiger partial charge in [-0.15, -0.1) is 0 Å². The summed E-state index contributed by atoms with van der Waals surface area (Å²) in [5.41, 5.74) is 6.12. The van der Waals surface area contributed by atoms with E-state index >= 15 is 0 Å². The highest BCUT2D eigenvalue weighted by molar-refractivity contribution is 5.82. The maximum absolute atomic E-state index is 11.8. The first-order chi connectivity index (χ1) is 7.70. The van der Waals surface area contributed by atoms with E-state index in [9.17, 15) is 4.79 Å². The van der Waals surface area contributed by atoms with Gasteiger partial charge >= 0.3 is 0 Å². The molecule has 16 heavy (non-hydrogen) atoms. The molecule has 4 N–H and O–H groups in total. The number of hydrogen-bond acceptors (Lipinski definition) is 3. The molecular weight excluding hydrogens is 202 g/mol. The summed E-state index contributed by atoms with van der Waals surface area (Å²) in [4.78, 5) is 11.8. The molecule has 0 aromatic carbocycles. The van der Waals surface area contributed by atoms with Gasteiger partial charge in [0.1, 0.15) is 0 Å². The summed E-state index contributed by atoms with van der Waals surface area (Å²) in [5, 5.41) is 6.21. The summed E-state index contributed by atoms with van der Waals surface area (Å²) in [5.74, 6) is 0.132. The molecule has 4 nitrogen and oxygen atoms in total. The second-order valence-corrected chi connectivity index (χ2v) is 5.29. The van der Waals surface area contributed by atoms with Crippen LogP contribution in [0.15, 0.2) is 0 Å². The monoisotopic (exact) mass is 225 g/mol. The van der Waals surface area contributed by atoms with Crippen LogP contribution in [0.4, 0.5) is 0 Å². The standard InChI is InChI=1S/C12H23N3O/c13-12(6-2-1-3-7-12)9-15-11(16)10-5-4-8-14-10/h10,14H,1-9,13H2,(H,15,16). The summed E-state index contributed by atoms with van der Waals surface area (Å²) >= 11 is 0. The minimum Gasteiger partial charge on any atom is -0.353 e. The van der Waals surface area contributed by atoms with Crippen LogP contribution < -0.4 is 16.4 Å². The summed E-state index contributed by atoms with van der Waals surface area (Å²) in [6, 6.07) is 0.0205. The SMILES string of the molecule is NC1(CNC(=O)C2CCCN2)CCCCC1. The molecule has 2 rings (SSSR count). The van der Waals surface area contributed by atoms with Crippen LogP contribution >= 0.6 is 0 Å². The highest BCUT2D eigenvalue weighted by atomic mass is 16.2. The van der Waals surface area contributed by atoms with Crippen molar-refractivity contribution < 1.29 is 4.79 Å². The van der Waals surface area contributed by atoms with Crippen molar-refractivity contribution in [2.24, 2.45) is 5.73 Å². The van der Waals surface area contributed by atoms with E-state index in [0.717, 1.165) is 32.2 Å². The average molecular weight is 225 g/mol. The normalized spacial score (nSPS) is 28.9. The highest BCUT2D eigenvalue weighted by Crippen LogP contribution is 2.25. The Morgan fingerprint density at radius 3 is 2.69 bits per heavy atom. The van der Waals surface area contributed by atoms with Crippen LogP contribution in [0.5, 0.6) is 0 Å². The Hall–Kier alpha value is -0.610. The number of amides is 1. The van der Waals surface area contributed by atoms with Gasteiger partial charge in [-0.05, 0) is 32.2 Å². The van der Waals surface area contributed by atoms with Crippen LogP contribution in [0.2, 0.25) is 0 Å². The van der Waals surface area contributed by atoms with Crippen molar-refractivity contribution in [2.75, 3.05) is 13.1 Å². The molecule has 1 unspecified atom stereocenters. The molecular formula is C12H23N3O. The lowest BCUT2D eigenvalue weighted by Gasteiger charge is -2.33. The van der Waals surface area contributed by atoms with E-state index < -0.39 is 0 Å². The molecule has 1 atom stereocenters. The third-order valence-electron chi connectivity index (χ3n) is 3.84. The molecule has 0 aromatic heterocycles. The summed E-state index contributed by atoms with van der Waals surface area (Å²) in [6.45, 7) is 1.61. The third-order valence-corrected chi connectivity index (χ3v) is 3.84. The van der Waals surface area contributed by atoms with Gasteiger partial charge in [0.05, 0.1) is 6.04 Å². The number of nitrogens with one attached hydrogen (secondary N) is 2. The molecule has 1 amide bonds. The number of carbonyl (C=O) groups is 1. The van der Waals surface area contributed by atoms with Gasteiger partial charge in [-0.2, -0.15) is 0 Å². The number of carbonyl (C=O) groups excluding carboxylic acids is 1. The summed E-state index contributed by atoms with van der Waals surface area (Å²) in [7, 11) is 0. The van der Waals surface area contributed by atoms with Gasteiger partial charge in [0.25, 0.3) is 0 Å². The second kappa shape index (κ2) is 5.15. The fourth-order valence-electron chi connectivity index (χ4n) is 2.73. The summed E-state index contributed by atoms with van der Waals surface area (Å²) in [6.07, 6.45) is 7.85. The molecule has 0 radical (unpaired) electrons. The molecule has 1 aliphatic carbocycles. The molecule has 0 bridgehead atoms. The quantitative estimate of drug-likeness (QED) is 0.656. The van der Waals surface area contributed by atoms with Crippen molar-refractivity contribution >= 4 is 5.91 Å². The van der Waals surface area contributed by atoms with Gasteiger partial charge in [0.15, 0.2) is 0 Å². The maximum atomic E-state index is 11.8. The Labute approximate surface area is 97.3 Å². The van der Waals surface area contributed by atoms with Gasteiger partial charge < -0.3 is 16.4 Å². The van der Waals surface area contributed by atoms with Crippen LogP contribution in [0.1, 0.15) is 44.9 Å². The third kappa shape index (κ3) is 2.95. The lowest BCUT2D eigenvalue weighted by atomic mass is 9.82. The Balaban J connectivity index is 1.75. The lowest BCUT2D eigenvalue weighted by Crippen LogP contribution is -2.53. The molecule has 4 heteroatoms. The van der Waals surface area contributed by atoms with Crippen molar-refractivity contribution in [3.63, 3.8) is 0 Å². The first-order valence-electron chi connectivity index (χ1n) is 6.50. The highest BCUT2D eigenvalue weighted by Gasteiger charge is 2.29. The Bertz CT molecular complexity index is 243. The first-order valence-corrected chi connectivity index (χ1v) is 6.50. The minimum absolute atomic E-state index is 0.0205. The Morgan fingerprint density at radius 1 is 1.31 bits per heavy atom.